The molecule has 0 amide bonds. The van der Waals surface area contributed by atoms with Crippen LogP contribution in [0.15, 0.2) is 119 Å². The molecule has 1 N–H and O–H groups in total. The molecule has 0 bridgehead atoms. The van der Waals surface area contributed by atoms with Crippen molar-refractivity contribution < 1.29 is 21.6 Å². The van der Waals surface area contributed by atoms with Gasteiger partial charge in [-0.05, 0) is 60.2 Å². The molecule has 0 fully saturated rings. The first-order chi connectivity index (χ1) is 15.8. The Labute approximate surface area is 193 Å². The van der Waals surface area contributed by atoms with E-state index in [1.165, 1.54) is 24.3 Å². The van der Waals surface area contributed by atoms with Crippen LogP contribution in [0.3, 0.4) is 0 Å². The van der Waals surface area contributed by atoms with Crippen LogP contribution < -0.4 is 9.46 Å². The molecular weight excluding hydrogens is 458 g/mol. The summed E-state index contributed by atoms with van der Waals surface area (Å²) in [4.78, 5) is -0.193. The maximum atomic E-state index is 12.9. The fraction of sp³-hybridized carbons (Fsp3) is 0.0400. The van der Waals surface area contributed by atoms with E-state index < -0.39 is 19.9 Å². The number of sulfone groups is 1. The van der Waals surface area contributed by atoms with Crippen LogP contribution in [0.4, 0.5) is 5.69 Å². The van der Waals surface area contributed by atoms with E-state index in [0.717, 1.165) is 0 Å². The molecule has 4 aromatic rings. The molecule has 0 unspecified atom stereocenters. The van der Waals surface area contributed by atoms with Crippen LogP contribution in [0, 0.1) is 0 Å². The van der Waals surface area contributed by atoms with E-state index in [9.17, 15) is 16.8 Å². The molecular formula is C25H21NO5S2. The zero-order chi connectivity index (χ0) is 23.3. The lowest BCUT2D eigenvalue weighted by atomic mass is 10.2. The highest BCUT2D eigenvalue weighted by Crippen LogP contribution is 2.25. The molecule has 0 atom stereocenters. The third kappa shape index (κ3) is 5.79. The van der Waals surface area contributed by atoms with Crippen LogP contribution in [0.1, 0.15) is 5.56 Å². The molecule has 0 spiro atoms. The number of para-hydroxylation sites is 1. The Bertz CT molecular complexity index is 1440. The monoisotopic (exact) mass is 479 g/mol. The highest BCUT2D eigenvalue weighted by atomic mass is 32.2. The van der Waals surface area contributed by atoms with Gasteiger partial charge < -0.3 is 4.74 Å². The first-order valence-electron chi connectivity index (χ1n) is 10.0. The zero-order valence-corrected chi connectivity index (χ0v) is 19.1. The molecule has 0 heterocycles. The molecule has 0 aromatic heterocycles. The van der Waals surface area contributed by atoms with Gasteiger partial charge in [-0.15, -0.1) is 0 Å². The molecule has 0 aliphatic carbocycles. The average molecular weight is 480 g/mol. The Morgan fingerprint density at radius 2 is 1.18 bits per heavy atom. The minimum Gasteiger partial charge on any atom is -0.457 e. The molecule has 0 saturated heterocycles. The summed E-state index contributed by atoms with van der Waals surface area (Å²) < 4.78 is 59.5. The van der Waals surface area contributed by atoms with E-state index in [-0.39, 0.29) is 15.5 Å². The van der Waals surface area contributed by atoms with Gasteiger partial charge in [-0.1, -0.05) is 54.6 Å². The number of hydrogen-bond acceptors (Lipinski definition) is 5. The average Bonchev–Trinajstić information content (AvgIpc) is 2.81. The van der Waals surface area contributed by atoms with Gasteiger partial charge in [-0.2, -0.15) is 0 Å². The van der Waals surface area contributed by atoms with Crippen molar-refractivity contribution in [2.24, 2.45) is 0 Å². The fourth-order valence-corrected chi connectivity index (χ4v) is 5.71. The summed E-state index contributed by atoms with van der Waals surface area (Å²) in [6.45, 7) is 0. The number of nitrogens with one attached hydrogen (secondary N) is 1. The van der Waals surface area contributed by atoms with E-state index in [2.05, 4.69) is 4.72 Å². The minimum atomic E-state index is -4.00. The van der Waals surface area contributed by atoms with Crippen molar-refractivity contribution in [1.29, 1.82) is 0 Å². The smallest absolute Gasteiger partial charge is 0.261 e. The van der Waals surface area contributed by atoms with Crippen molar-refractivity contribution in [3.8, 4) is 11.5 Å². The SMILES string of the molecule is O=S(=O)(Cc1ccccc1)c1cccc(S(=O)(=O)Nc2ccc(Oc3ccccc3)cc2)c1. The molecule has 6 nitrogen and oxygen atoms in total. The molecule has 4 rings (SSSR count). The van der Waals surface area contributed by atoms with Crippen molar-refractivity contribution in [2.45, 2.75) is 15.5 Å². The van der Waals surface area contributed by atoms with Gasteiger partial charge in [0.25, 0.3) is 10.0 Å². The van der Waals surface area contributed by atoms with E-state index >= 15 is 0 Å². The molecule has 0 aliphatic rings. The zero-order valence-electron chi connectivity index (χ0n) is 17.5. The molecule has 0 aliphatic heterocycles. The Morgan fingerprint density at radius 3 is 1.85 bits per heavy atom. The summed E-state index contributed by atoms with van der Waals surface area (Å²) in [5.74, 6) is 1.01. The summed E-state index contributed by atoms with van der Waals surface area (Å²) >= 11 is 0. The van der Waals surface area contributed by atoms with E-state index in [1.807, 2.05) is 30.3 Å². The minimum absolute atomic E-state index is 0.0548. The third-order valence-electron chi connectivity index (χ3n) is 4.76. The van der Waals surface area contributed by atoms with Gasteiger partial charge in [0.05, 0.1) is 15.5 Å². The Balaban J connectivity index is 1.51. The van der Waals surface area contributed by atoms with E-state index in [4.69, 9.17) is 4.74 Å². The Morgan fingerprint density at radius 1 is 0.606 bits per heavy atom. The number of rotatable bonds is 8. The second-order valence-electron chi connectivity index (χ2n) is 7.26. The number of ether oxygens (including phenoxy) is 1. The van der Waals surface area contributed by atoms with Gasteiger partial charge in [0.15, 0.2) is 9.84 Å². The van der Waals surface area contributed by atoms with Gasteiger partial charge in [-0.25, -0.2) is 16.8 Å². The van der Waals surface area contributed by atoms with Crippen molar-refractivity contribution >= 4 is 25.5 Å². The summed E-state index contributed by atoms with van der Waals surface area (Å²) in [5.41, 5.74) is 0.953. The topological polar surface area (TPSA) is 89.5 Å². The highest BCUT2D eigenvalue weighted by Gasteiger charge is 2.20. The molecule has 168 valence electrons. The summed E-state index contributed by atoms with van der Waals surface area (Å²) in [6.07, 6.45) is 0. The highest BCUT2D eigenvalue weighted by molar-refractivity contribution is 7.93. The van der Waals surface area contributed by atoms with Crippen LogP contribution in [0.5, 0.6) is 11.5 Å². The van der Waals surface area contributed by atoms with Crippen molar-refractivity contribution in [3.63, 3.8) is 0 Å². The van der Waals surface area contributed by atoms with Gasteiger partial charge in [-0.3, -0.25) is 4.72 Å². The number of sulfonamides is 1. The molecule has 0 radical (unpaired) electrons. The van der Waals surface area contributed by atoms with Crippen LogP contribution in [0.25, 0.3) is 0 Å². The predicted octanol–water partition coefficient (Wildman–Crippen LogP) is 5.25. The van der Waals surface area contributed by atoms with Crippen molar-refractivity contribution in [1.82, 2.24) is 0 Å². The predicted molar refractivity (Wildman–Crippen MR) is 128 cm³/mol. The van der Waals surface area contributed by atoms with Crippen LogP contribution in [-0.4, -0.2) is 16.8 Å². The largest absolute Gasteiger partial charge is 0.457 e. The normalized spacial score (nSPS) is 11.6. The molecule has 0 saturated carbocycles. The van der Waals surface area contributed by atoms with Crippen LogP contribution >= 0.6 is 0 Å². The second-order valence-corrected chi connectivity index (χ2v) is 10.9. The van der Waals surface area contributed by atoms with Gasteiger partial charge >= 0.3 is 0 Å². The number of hydrogen-bond donors (Lipinski definition) is 1. The van der Waals surface area contributed by atoms with Gasteiger partial charge in [0, 0.05) is 5.69 Å². The molecule has 8 heteroatoms. The Hall–Kier alpha value is -3.62. The second kappa shape index (κ2) is 9.48. The quantitative estimate of drug-likeness (QED) is 0.373. The van der Waals surface area contributed by atoms with E-state index in [0.29, 0.717) is 22.7 Å². The van der Waals surface area contributed by atoms with Crippen LogP contribution in [-0.2, 0) is 25.6 Å². The number of benzene rings is 4. The van der Waals surface area contributed by atoms with Crippen molar-refractivity contribution in [3.05, 3.63) is 115 Å². The van der Waals surface area contributed by atoms with Gasteiger partial charge in [0.1, 0.15) is 11.5 Å². The number of anilines is 1. The van der Waals surface area contributed by atoms with Gasteiger partial charge in [0.2, 0.25) is 0 Å². The van der Waals surface area contributed by atoms with E-state index in [1.54, 1.807) is 54.6 Å². The fourth-order valence-electron chi connectivity index (χ4n) is 3.14. The first kappa shape index (κ1) is 22.6. The summed E-state index contributed by atoms with van der Waals surface area (Å²) in [6, 6.07) is 29.7. The maximum absolute atomic E-state index is 12.9. The third-order valence-corrected chi connectivity index (χ3v) is 7.82. The lowest BCUT2D eigenvalue weighted by Crippen LogP contribution is -2.14. The maximum Gasteiger partial charge on any atom is 0.261 e. The van der Waals surface area contributed by atoms with Crippen LogP contribution in [0.2, 0.25) is 0 Å². The van der Waals surface area contributed by atoms with Crippen molar-refractivity contribution in [2.75, 3.05) is 4.72 Å². The Kier molecular flexibility index (Phi) is 6.48. The lowest BCUT2D eigenvalue weighted by molar-refractivity contribution is 0.483. The molecule has 33 heavy (non-hydrogen) atoms. The first-order valence-corrected chi connectivity index (χ1v) is 13.2. The lowest BCUT2D eigenvalue weighted by Gasteiger charge is -2.11. The summed E-state index contributed by atoms with van der Waals surface area (Å²) in [5, 5.41) is 0. The molecule has 4 aromatic carbocycles. The summed E-state index contributed by atoms with van der Waals surface area (Å²) in [7, 11) is -7.71. The standard InChI is InChI=1S/C25H21NO5S2/c27-32(28,19-20-8-3-1-4-9-20)24-12-7-13-25(18-24)33(29,30)26-21-14-16-23(17-15-21)31-22-10-5-2-6-11-22/h1-18,26H,19H2.